The first-order chi connectivity index (χ1) is 12.5. The average molecular weight is 349 g/mol. The summed E-state index contributed by atoms with van der Waals surface area (Å²) in [5.74, 6) is -1.72. The molecule has 3 rings (SSSR count). The Bertz CT molecular complexity index is 942. The van der Waals surface area contributed by atoms with E-state index in [-0.39, 0.29) is 34.3 Å². The number of carbonyl (C=O) groups is 2. The van der Waals surface area contributed by atoms with Gasteiger partial charge in [-0.2, -0.15) is 0 Å². The number of benzene rings is 2. The van der Waals surface area contributed by atoms with E-state index in [2.05, 4.69) is 4.98 Å². The van der Waals surface area contributed by atoms with E-state index in [1.807, 2.05) is 0 Å². The van der Waals surface area contributed by atoms with Crippen molar-refractivity contribution >= 4 is 23.2 Å². The number of phenols is 2. The number of nitrogens with two attached hydrogens (primary N) is 1. The molecule has 0 aliphatic rings. The van der Waals surface area contributed by atoms with Crippen molar-refractivity contribution < 1.29 is 19.8 Å². The van der Waals surface area contributed by atoms with Crippen molar-refractivity contribution in [2.75, 3.05) is 4.90 Å². The van der Waals surface area contributed by atoms with Crippen LogP contribution in [0.1, 0.15) is 21.0 Å². The fourth-order valence-corrected chi connectivity index (χ4v) is 2.46. The van der Waals surface area contributed by atoms with Crippen molar-refractivity contribution in [1.82, 2.24) is 4.98 Å². The Balaban J connectivity index is 2.17. The number of nitrogens with zero attached hydrogens (tertiary/aromatic N) is 2. The van der Waals surface area contributed by atoms with E-state index in [4.69, 9.17) is 5.73 Å². The Kier molecular flexibility index (Phi) is 4.53. The first kappa shape index (κ1) is 17.0. The maximum absolute atomic E-state index is 13.1. The summed E-state index contributed by atoms with van der Waals surface area (Å²) in [5.41, 5.74) is 5.41. The summed E-state index contributed by atoms with van der Waals surface area (Å²) in [4.78, 5) is 29.6. The molecule has 2 amide bonds. The van der Waals surface area contributed by atoms with E-state index in [9.17, 15) is 19.8 Å². The molecule has 7 heteroatoms. The van der Waals surface area contributed by atoms with Gasteiger partial charge in [0.1, 0.15) is 22.9 Å². The molecule has 0 aliphatic carbocycles. The standard InChI is InChI=1S/C19H15N3O4/c20-18(25)12-6-5-7-13(21-12)19(26)22(14-8-1-3-10-16(14)23)15-9-2-4-11-17(15)24/h1-11,23-24H,(H2,20,25). The van der Waals surface area contributed by atoms with Crippen molar-refractivity contribution in [3.63, 3.8) is 0 Å². The summed E-state index contributed by atoms with van der Waals surface area (Å²) in [7, 11) is 0. The predicted octanol–water partition coefficient (Wildman–Crippen LogP) is 2.57. The van der Waals surface area contributed by atoms with Gasteiger partial charge in [-0.25, -0.2) is 4.98 Å². The third-order valence-electron chi connectivity index (χ3n) is 3.67. The Labute approximate surface area is 149 Å². The van der Waals surface area contributed by atoms with Crippen molar-refractivity contribution in [3.8, 4) is 11.5 Å². The molecule has 7 nitrogen and oxygen atoms in total. The number of anilines is 2. The lowest BCUT2D eigenvalue weighted by Gasteiger charge is -2.24. The molecule has 26 heavy (non-hydrogen) atoms. The summed E-state index contributed by atoms with van der Waals surface area (Å²) in [6, 6.07) is 16.7. The van der Waals surface area contributed by atoms with E-state index in [1.54, 1.807) is 24.3 Å². The largest absolute Gasteiger partial charge is 0.506 e. The lowest BCUT2D eigenvalue weighted by molar-refractivity contribution is 0.0990. The summed E-state index contributed by atoms with van der Waals surface area (Å²) in [6.07, 6.45) is 0. The van der Waals surface area contributed by atoms with Crippen LogP contribution in [0.5, 0.6) is 11.5 Å². The number of phenolic OH excluding ortho intramolecular Hbond substituents is 2. The summed E-state index contributed by atoms with van der Waals surface area (Å²) in [6.45, 7) is 0. The Morgan fingerprint density at radius 3 is 1.77 bits per heavy atom. The number of amides is 2. The minimum absolute atomic E-state index is 0.0622. The summed E-state index contributed by atoms with van der Waals surface area (Å²) in [5, 5.41) is 20.4. The predicted molar refractivity (Wildman–Crippen MR) is 95.4 cm³/mol. The molecule has 0 saturated heterocycles. The number of aromatic hydroxyl groups is 2. The monoisotopic (exact) mass is 349 g/mol. The molecular weight excluding hydrogens is 334 g/mol. The van der Waals surface area contributed by atoms with Gasteiger partial charge in [0, 0.05) is 0 Å². The van der Waals surface area contributed by atoms with Gasteiger partial charge in [-0.05, 0) is 36.4 Å². The van der Waals surface area contributed by atoms with E-state index in [0.717, 1.165) is 4.90 Å². The Morgan fingerprint density at radius 2 is 1.27 bits per heavy atom. The quantitative estimate of drug-likeness (QED) is 0.669. The molecule has 130 valence electrons. The SMILES string of the molecule is NC(=O)c1cccc(C(=O)N(c2ccccc2O)c2ccccc2O)n1. The van der Waals surface area contributed by atoms with E-state index >= 15 is 0 Å². The van der Waals surface area contributed by atoms with Crippen LogP contribution in [0.25, 0.3) is 0 Å². The number of pyridine rings is 1. The zero-order chi connectivity index (χ0) is 18.7. The molecule has 0 radical (unpaired) electrons. The first-order valence-electron chi connectivity index (χ1n) is 7.66. The van der Waals surface area contributed by atoms with E-state index in [0.29, 0.717) is 0 Å². The van der Waals surface area contributed by atoms with Crippen LogP contribution in [-0.2, 0) is 0 Å². The molecule has 4 N–H and O–H groups in total. The van der Waals surface area contributed by atoms with Crippen molar-refractivity contribution in [3.05, 3.63) is 78.1 Å². The molecule has 0 fully saturated rings. The Hall–Kier alpha value is -3.87. The van der Waals surface area contributed by atoms with Gasteiger partial charge in [0.05, 0.1) is 11.4 Å². The Morgan fingerprint density at radius 1 is 0.769 bits per heavy atom. The van der Waals surface area contributed by atoms with Gasteiger partial charge in [-0.15, -0.1) is 0 Å². The lowest BCUT2D eigenvalue weighted by Crippen LogP contribution is -2.28. The number of carbonyl (C=O) groups excluding carboxylic acids is 2. The molecule has 0 bridgehead atoms. The van der Waals surface area contributed by atoms with Crippen LogP contribution < -0.4 is 10.6 Å². The average Bonchev–Trinajstić information content (AvgIpc) is 2.65. The molecule has 3 aromatic rings. The minimum atomic E-state index is -0.767. The zero-order valence-electron chi connectivity index (χ0n) is 13.5. The van der Waals surface area contributed by atoms with Crippen LogP contribution in [0.2, 0.25) is 0 Å². The first-order valence-corrected chi connectivity index (χ1v) is 7.66. The zero-order valence-corrected chi connectivity index (χ0v) is 13.5. The van der Waals surface area contributed by atoms with Crippen LogP contribution in [0, 0.1) is 0 Å². The van der Waals surface area contributed by atoms with Crippen LogP contribution >= 0.6 is 0 Å². The topological polar surface area (TPSA) is 117 Å². The highest BCUT2D eigenvalue weighted by Gasteiger charge is 2.25. The second-order valence-corrected chi connectivity index (χ2v) is 5.39. The van der Waals surface area contributed by atoms with Crippen molar-refractivity contribution in [2.24, 2.45) is 5.73 Å². The molecule has 2 aromatic carbocycles. The van der Waals surface area contributed by atoms with Crippen LogP contribution in [0.15, 0.2) is 66.7 Å². The van der Waals surface area contributed by atoms with Gasteiger partial charge in [0.2, 0.25) is 0 Å². The summed E-state index contributed by atoms with van der Waals surface area (Å²) < 4.78 is 0. The van der Waals surface area contributed by atoms with Crippen LogP contribution in [0.4, 0.5) is 11.4 Å². The van der Waals surface area contributed by atoms with Gasteiger partial charge in [0.25, 0.3) is 11.8 Å². The number of aromatic nitrogens is 1. The van der Waals surface area contributed by atoms with Crippen LogP contribution in [-0.4, -0.2) is 27.0 Å². The van der Waals surface area contributed by atoms with Gasteiger partial charge in [-0.3, -0.25) is 14.5 Å². The van der Waals surface area contributed by atoms with Gasteiger partial charge in [-0.1, -0.05) is 30.3 Å². The highest BCUT2D eigenvalue weighted by Crippen LogP contribution is 2.38. The lowest BCUT2D eigenvalue weighted by atomic mass is 10.1. The molecule has 0 atom stereocenters. The highest BCUT2D eigenvalue weighted by molar-refractivity contribution is 6.11. The molecule has 0 unspecified atom stereocenters. The van der Waals surface area contributed by atoms with Gasteiger partial charge < -0.3 is 15.9 Å². The molecule has 0 aliphatic heterocycles. The van der Waals surface area contributed by atoms with E-state index < -0.39 is 11.8 Å². The number of primary amides is 1. The fourth-order valence-electron chi connectivity index (χ4n) is 2.46. The van der Waals surface area contributed by atoms with Crippen molar-refractivity contribution in [1.29, 1.82) is 0 Å². The third kappa shape index (κ3) is 3.18. The fraction of sp³-hybridized carbons (Fsp3) is 0. The summed E-state index contributed by atoms with van der Waals surface area (Å²) >= 11 is 0. The van der Waals surface area contributed by atoms with E-state index in [1.165, 1.54) is 42.5 Å². The smallest absolute Gasteiger partial charge is 0.281 e. The molecule has 1 aromatic heterocycles. The number of para-hydroxylation sites is 4. The molecule has 0 spiro atoms. The minimum Gasteiger partial charge on any atom is -0.506 e. The molecule has 1 heterocycles. The number of rotatable bonds is 4. The van der Waals surface area contributed by atoms with Crippen molar-refractivity contribution in [2.45, 2.75) is 0 Å². The maximum atomic E-state index is 13.1. The van der Waals surface area contributed by atoms with Gasteiger partial charge in [0.15, 0.2) is 0 Å². The second kappa shape index (κ2) is 6.94. The van der Waals surface area contributed by atoms with Crippen LogP contribution in [0.3, 0.4) is 0 Å². The number of hydrogen-bond acceptors (Lipinski definition) is 5. The molecular formula is C19H15N3O4. The number of hydrogen-bond donors (Lipinski definition) is 3. The van der Waals surface area contributed by atoms with Gasteiger partial charge >= 0.3 is 0 Å². The highest BCUT2D eigenvalue weighted by atomic mass is 16.3. The molecule has 0 saturated carbocycles. The second-order valence-electron chi connectivity index (χ2n) is 5.39. The maximum Gasteiger partial charge on any atom is 0.281 e. The third-order valence-corrected chi connectivity index (χ3v) is 3.67. The normalized spacial score (nSPS) is 10.3.